The third-order valence-corrected chi connectivity index (χ3v) is 5.12. The second-order valence-electron chi connectivity index (χ2n) is 6.52. The molecule has 0 unspecified atom stereocenters. The van der Waals surface area contributed by atoms with Gasteiger partial charge in [0.25, 0.3) is 0 Å². The van der Waals surface area contributed by atoms with Gasteiger partial charge < -0.3 is 10.2 Å². The quantitative estimate of drug-likeness (QED) is 0.678. The van der Waals surface area contributed by atoms with Crippen molar-refractivity contribution in [3.05, 3.63) is 34.9 Å². The molecule has 0 aromatic heterocycles. The third-order valence-electron chi connectivity index (χ3n) is 4.63. The van der Waals surface area contributed by atoms with Crippen LogP contribution in [0.15, 0.2) is 24.3 Å². The molecule has 4 nitrogen and oxygen atoms in total. The number of amides is 2. The summed E-state index contributed by atoms with van der Waals surface area (Å²) in [5.41, 5.74) is 0.759. The molecule has 6 heteroatoms. The molecule has 0 radical (unpaired) electrons. The SMILES string of the molecule is CCCCN(C(=O)CCl)[C@@H](C(=O)NC1CCCC1)c1ccc(Cl)cc1. The minimum absolute atomic E-state index is 0.134. The lowest BCUT2D eigenvalue weighted by Crippen LogP contribution is -2.46. The summed E-state index contributed by atoms with van der Waals surface area (Å²) in [7, 11) is 0. The first-order valence-corrected chi connectivity index (χ1v) is 9.89. The van der Waals surface area contributed by atoms with Crippen LogP contribution in [0, 0.1) is 0 Å². The normalized spacial score (nSPS) is 15.8. The van der Waals surface area contributed by atoms with Crippen molar-refractivity contribution in [3.63, 3.8) is 0 Å². The minimum atomic E-state index is -0.671. The van der Waals surface area contributed by atoms with Crippen molar-refractivity contribution in [2.45, 2.75) is 57.5 Å². The number of benzene rings is 1. The molecule has 1 N–H and O–H groups in total. The maximum Gasteiger partial charge on any atom is 0.247 e. The van der Waals surface area contributed by atoms with Crippen molar-refractivity contribution in [2.75, 3.05) is 12.4 Å². The summed E-state index contributed by atoms with van der Waals surface area (Å²) in [4.78, 5) is 27.1. The number of unbranched alkanes of at least 4 members (excludes halogenated alkanes) is 1. The summed E-state index contributed by atoms with van der Waals surface area (Å²) in [6.45, 7) is 2.56. The van der Waals surface area contributed by atoms with Gasteiger partial charge in [0.15, 0.2) is 0 Å². The summed E-state index contributed by atoms with van der Waals surface area (Å²) >= 11 is 11.8. The zero-order valence-corrected chi connectivity index (χ0v) is 16.2. The zero-order valence-electron chi connectivity index (χ0n) is 14.6. The van der Waals surface area contributed by atoms with Gasteiger partial charge in [0.05, 0.1) is 0 Å². The van der Waals surface area contributed by atoms with Crippen LogP contribution in [-0.2, 0) is 9.59 Å². The first-order chi connectivity index (χ1) is 12.1. The Balaban J connectivity index is 2.29. The van der Waals surface area contributed by atoms with E-state index >= 15 is 0 Å². The highest BCUT2D eigenvalue weighted by molar-refractivity contribution is 6.30. The summed E-state index contributed by atoms with van der Waals surface area (Å²) in [6, 6.07) is 6.63. The van der Waals surface area contributed by atoms with E-state index in [1.165, 1.54) is 0 Å². The maximum atomic E-state index is 13.0. The monoisotopic (exact) mass is 384 g/mol. The smallest absolute Gasteiger partial charge is 0.247 e. The van der Waals surface area contributed by atoms with E-state index in [0.29, 0.717) is 11.6 Å². The lowest BCUT2D eigenvalue weighted by Gasteiger charge is -2.32. The Hall–Kier alpha value is -1.26. The van der Waals surface area contributed by atoms with Gasteiger partial charge in [-0.25, -0.2) is 0 Å². The van der Waals surface area contributed by atoms with E-state index in [2.05, 4.69) is 12.2 Å². The average molecular weight is 385 g/mol. The predicted octanol–water partition coefficient (Wildman–Crippen LogP) is 4.31. The molecular weight excluding hydrogens is 359 g/mol. The molecule has 0 saturated heterocycles. The molecule has 1 aliphatic rings. The maximum absolute atomic E-state index is 13.0. The predicted molar refractivity (Wildman–Crippen MR) is 102 cm³/mol. The van der Waals surface area contributed by atoms with Gasteiger partial charge in [0.2, 0.25) is 11.8 Å². The largest absolute Gasteiger partial charge is 0.351 e. The molecule has 2 amide bonds. The Bertz CT molecular complexity index is 571. The lowest BCUT2D eigenvalue weighted by atomic mass is 10.0. The first kappa shape index (κ1) is 20.1. The highest BCUT2D eigenvalue weighted by Gasteiger charge is 2.32. The summed E-state index contributed by atoms with van der Waals surface area (Å²) in [5, 5.41) is 3.72. The molecule has 1 aliphatic carbocycles. The Morgan fingerprint density at radius 3 is 2.44 bits per heavy atom. The highest BCUT2D eigenvalue weighted by atomic mass is 35.5. The summed E-state index contributed by atoms with van der Waals surface area (Å²) < 4.78 is 0. The van der Waals surface area contributed by atoms with Gasteiger partial charge in [-0.2, -0.15) is 0 Å². The number of nitrogens with one attached hydrogen (secondary N) is 1. The van der Waals surface area contributed by atoms with E-state index in [4.69, 9.17) is 23.2 Å². The van der Waals surface area contributed by atoms with E-state index in [9.17, 15) is 9.59 Å². The number of hydrogen-bond donors (Lipinski definition) is 1. The van der Waals surface area contributed by atoms with Crippen LogP contribution < -0.4 is 5.32 Å². The molecule has 0 bridgehead atoms. The van der Waals surface area contributed by atoms with Gasteiger partial charge in [0, 0.05) is 17.6 Å². The highest BCUT2D eigenvalue weighted by Crippen LogP contribution is 2.26. The Kier molecular flexibility index (Phi) is 8.04. The molecule has 1 aromatic carbocycles. The fraction of sp³-hybridized carbons (Fsp3) is 0.579. The van der Waals surface area contributed by atoms with Gasteiger partial charge in [-0.05, 0) is 37.0 Å². The van der Waals surface area contributed by atoms with Crippen molar-refractivity contribution in [1.82, 2.24) is 10.2 Å². The standard InChI is InChI=1S/C19H26Cl2N2O2/c1-2-3-12-23(17(24)13-20)18(14-8-10-15(21)11-9-14)19(25)22-16-6-4-5-7-16/h8-11,16,18H,2-7,12-13H2,1H3,(H,22,25)/t18-/m1/s1. The number of carbonyl (C=O) groups is 2. The fourth-order valence-corrected chi connectivity index (χ4v) is 3.55. The Morgan fingerprint density at radius 1 is 1.24 bits per heavy atom. The van der Waals surface area contributed by atoms with Crippen molar-refractivity contribution >= 4 is 35.0 Å². The second-order valence-corrected chi connectivity index (χ2v) is 7.22. The van der Waals surface area contributed by atoms with Crippen LogP contribution >= 0.6 is 23.2 Å². The van der Waals surface area contributed by atoms with E-state index in [0.717, 1.165) is 44.1 Å². The molecule has 25 heavy (non-hydrogen) atoms. The van der Waals surface area contributed by atoms with Gasteiger partial charge in [0.1, 0.15) is 11.9 Å². The number of hydrogen-bond acceptors (Lipinski definition) is 2. The molecule has 138 valence electrons. The molecule has 0 heterocycles. The van der Waals surface area contributed by atoms with Crippen molar-refractivity contribution < 1.29 is 9.59 Å². The van der Waals surface area contributed by atoms with E-state index in [-0.39, 0.29) is 23.7 Å². The van der Waals surface area contributed by atoms with Crippen LogP contribution in [-0.4, -0.2) is 35.2 Å². The number of rotatable bonds is 8. The third kappa shape index (κ3) is 5.61. The van der Waals surface area contributed by atoms with Crippen LogP contribution in [0.5, 0.6) is 0 Å². The zero-order chi connectivity index (χ0) is 18.2. The van der Waals surface area contributed by atoms with Gasteiger partial charge in [-0.3, -0.25) is 9.59 Å². The van der Waals surface area contributed by atoms with Crippen molar-refractivity contribution in [1.29, 1.82) is 0 Å². The number of nitrogens with zero attached hydrogens (tertiary/aromatic N) is 1. The van der Waals surface area contributed by atoms with Crippen LogP contribution in [0.4, 0.5) is 0 Å². The number of halogens is 2. The molecule has 2 rings (SSSR count). The van der Waals surface area contributed by atoms with Gasteiger partial charge >= 0.3 is 0 Å². The molecular formula is C19H26Cl2N2O2. The number of carbonyl (C=O) groups excluding carboxylic acids is 2. The summed E-state index contributed by atoms with van der Waals surface area (Å²) in [5.74, 6) is -0.495. The van der Waals surface area contributed by atoms with Crippen molar-refractivity contribution in [3.8, 4) is 0 Å². The molecule has 1 atom stereocenters. The van der Waals surface area contributed by atoms with Crippen LogP contribution in [0.1, 0.15) is 57.1 Å². The molecule has 1 fully saturated rings. The van der Waals surface area contributed by atoms with Crippen LogP contribution in [0.2, 0.25) is 5.02 Å². The second kappa shape index (κ2) is 10.0. The Labute approximate surface area is 159 Å². The lowest BCUT2D eigenvalue weighted by molar-refractivity contribution is -0.139. The van der Waals surface area contributed by atoms with Crippen LogP contribution in [0.3, 0.4) is 0 Å². The molecule has 1 saturated carbocycles. The van der Waals surface area contributed by atoms with E-state index < -0.39 is 6.04 Å². The van der Waals surface area contributed by atoms with Gasteiger partial charge in [-0.1, -0.05) is 49.9 Å². The van der Waals surface area contributed by atoms with Crippen LogP contribution in [0.25, 0.3) is 0 Å². The first-order valence-electron chi connectivity index (χ1n) is 8.98. The molecule has 1 aromatic rings. The van der Waals surface area contributed by atoms with E-state index in [1.54, 1.807) is 17.0 Å². The Morgan fingerprint density at radius 2 is 1.88 bits per heavy atom. The summed E-state index contributed by atoms with van der Waals surface area (Å²) in [6.07, 6.45) is 6.02. The average Bonchev–Trinajstić information content (AvgIpc) is 3.12. The minimum Gasteiger partial charge on any atom is -0.351 e. The molecule has 0 spiro atoms. The van der Waals surface area contributed by atoms with Gasteiger partial charge in [-0.15, -0.1) is 11.6 Å². The van der Waals surface area contributed by atoms with Crippen molar-refractivity contribution in [2.24, 2.45) is 0 Å². The van der Waals surface area contributed by atoms with E-state index in [1.807, 2.05) is 12.1 Å². The molecule has 0 aliphatic heterocycles. The number of alkyl halides is 1. The topological polar surface area (TPSA) is 49.4 Å². The fourth-order valence-electron chi connectivity index (χ4n) is 3.27.